The van der Waals surface area contributed by atoms with E-state index < -0.39 is 9.84 Å². The highest BCUT2D eigenvalue weighted by atomic mass is 32.2. The Labute approximate surface area is 194 Å². The molecule has 2 saturated heterocycles. The van der Waals surface area contributed by atoms with E-state index in [0.29, 0.717) is 18.0 Å². The van der Waals surface area contributed by atoms with Crippen LogP contribution in [-0.4, -0.2) is 55.4 Å². The number of nitrogens with zero attached hydrogens (tertiary/aromatic N) is 3. The number of aliphatic imine (C=N–C) groups is 1. The van der Waals surface area contributed by atoms with Gasteiger partial charge in [0.25, 0.3) is 0 Å². The third kappa shape index (κ3) is 5.02. The summed E-state index contributed by atoms with van der Waals surface area (Å²) in [7, 11) is -3.08. The molecule has 0 unspecified atom stereocenters. The second-order valence-corrected chi connectivity index (χ2v) is 11.5. The fraction of sp³-hybridized carbons (Fsp3) is 0.417. The Hall–Kier alpha value is -2.32. The highest BCUT2D eigenvalue weighted by Crippen LogP contribution is 2.41. The second-order valence-electron chi connectivity index (χ2n) is 8.13. The van der Waals surface area contributed by atoms with E-state index in [-0.39, 0.29) is 28.7 Å². The molecule has 2 atom stereocenters. The molecular weight excluding hydrogens is 442 g/mol. The molecule has 2 heterocycles. The van der Waals surface area contributed by atoms with Crippen molar-refractivity contribution < 1.29 is 13.2 Å². The zero-order valence-corrected chi connectivity index (χ0v) is 20.1. The molecule has 0 spiro atoms. The van der Waals surface area contributed by atoms with Crippen molar-refractivity contribution in [2.45, 2.75) is 38.0 Å². The zero-order valence-electron chi connectivity index (χ0n) is 18.5. The van der Waals surface area contributed by atoms with E-state index in [0.717, 1.165) is 30.0 Å². The molecule has 0 bridgehead atoms. The van der Waals surface area contributed by atoms with Gasteiger partial charge in [0, 0.05) is 36.1 Å². The van der Waals surface area contributed by atoms with Gasteiger partial charge in [0.15, 0.2) is 15.0 Å². The Balaban J connectivity index is 1.57. The summed E-state index contributed by atoms with van der Waals surface area (Å²) < 4.78 is 24.6. The first-order valence-electron chi connectivity index (χ1n) is 11.1. The highest BCUT2D eigenvalue weighted by Gasteiger charge is 2.49. The first-order valence-corrected chi connectivity index (χ1v) is 13.8. The molecule has 4 rings (SSSR count). The number of rotatable bonds is 7. The van der Waals surface area contributed by atoms with E-state index in [9.17, 15) is 13.2 Å². The summed E-state index contributed by atoms with van der Waals surface area (Å²) >= 11 is 1.42. The molecule has 0 aliphatic carbocycles. The summed E-state index contributed by atoms with van der Waals surface area (Å²) in [6.45, 7) is 6.07. The molecule has 2 aromatic carbocycles. The van der Waals surface area contributed by atoms with Crippen LogP contribution in [0.1, 0.15) is 25.8 Å². The molecule has 8 heteroatoms. The number of anilines is 2. The molecule has 2 aliphatic rings. The van der Waals surface area contributed by atoms with Gasteiger partial charge in [-0.05, 0) is 50.1 Å². The Morgan fingerprint density at radius 2 is 1.75 bits per heavy atom. The van der Waals surface area contributed by atoms with E-state index >= 15 is 0 Å². The third-order valence-corrected chi connectivity index (χ3v) is 9.22. The number of hydrogen-bond donors (Lipinski definition) is 0. The lowest BCUT2D eigenvalue weighted by atomic mass is 10.1. The van der Waals surface area contributed by atoms with Gasteiger partial charge in [-0.3, -0.25) is 4.79 Å². The zero-order chi connectivity index (χ0) is 22.7. The monoisotopic (exact) mass is 471 g/mol. The van der Waals surface area contributed by atoms with E-state index in [1.54, 1.807) is 0 Å². The van der Waals surface area contributed by atoms with Gasteiger partial charge in [0.1, 0.15) is 0 Å². The van der Waals surface area contributed by atoms with Crippen molar-refractivity contribution in [3.05, 3.63) is 60.2 Å². The van der Waals surface area contributed by atoms with E-state index in [4.69, 9.17) is 0 Å². The topological polar surface area (TPSA) is 70.0 Å². The summed E-state index contributed by atoms with van der Waals surface area (Å²) in [5.74, 6) is 0.0525. The third-order valence-electron chi connectivity index (χ3n) is 6.01. The van der Waals surface area contributed by atoms with Crippen LogP contribution in [0.3, 0.4) is 0 Å². The van der Waals surface area contributed by atoms with Gasteiger partial charge in [0.05, 0.1) is 17.5 Å². The molecule has 2 aliphatic heterocycles. The van der Waals surface area contributed by atoms with Crippen LogP contribution in [0.25, 0.3) is 0 Å². The number of carbonyl (C=O) groups excluding carboxylic acids is 1. The largest absolute Gasteiger partial charge is 0.372 e. The molecule has 2 aromatic rings. The van der Waals surface area contributed by atoms with Crippen LogP contribution in [0.5, 0.6) is 0 Å². The lowest BCUT2D eigenvalue weighted by Gasteiger charge is -2.26. The number of fused-ring (bicyclic) bond motifs is 1. The minimum Gasteiger partial charge on any atom is -0.372 e. The smallest absolute Gasteiger partial charge is 0.248 e. The second kappa shape index (κ2) is 9.67. The maximum atomic E-state index is 12.7. The van der Waals surface area contributed by atoms with Crippen LogP contribution in [0.4, 0.5) is 11.4 Å². The van der Waals surface area contributed by atoms with Gasteiger partial charge in [-0.1, -0.05) is 42.1 Å². The summed E-state index contributed by atoms with van der Waals surface area (Å²) in [5.41, 5.74) is 3.11. The summed E-state index contributed by atoms with van der Waals surface area (Å²) in [6.07, 6.45) is 0.970. The van der Waals surface area contributed by atoms with E-state index in [1.807, 2.05) is 47.4 Å². The average molecular weight is 472 g/mol. The number of aryl methyl sites for hydroxylation is 1. The van der Waals surface area contributed by atoms with Crippen LogP contribution < -0.4 is 9.80 Å². The van der Waals surface area contributed by atoms with E-state index in [1.165, 1.54) is 11.8 Å². The van der Waals surface area contributed by atoms with Crippen LogP contribution in [0, 0.1) is 0 Å². The van der Waals surface area contributed by atoms with Crippen molar-refractivity contribution >= 4 is 44.0 Å². The molecule has 0 saturated carbocycles. The standard InChI is InChI=1S/C24H29N3O3S2/c1-3-26(4-2)19-11-13-20(14-12-19)27-21-16-32(29,30)17-22(21)31-24(27)25-23(28)15-10-18-8-6-5-7-9-18/h5-9,11-14,21-22H,3-4,10,15-17H2,1-2H3/t21-,22+/m1/s1. The van der Waals surface area contributed by atoms with Gasteiger partial charge in [-0.15, -0.1) is 0 Å². The maximum absolute atomic E-state index is 12.7. The molecule has 2 fully saturated rings. The summed E-state index contributed by atoms with van der Waals surface area (Å²) in [4.78, 5) is 21.3. The Bertz CT molecular complexity index is 1080. The predicted molar refractivity (Wildman–Crippen MR) is 134 cm³/mol. The van der Waals surface area contributed by atoms with E-state index in [2.05, 4.69) is 35.9 Å². The fourth-order valence-corrected chi connectivity index (χ4v) is 8.27. The first-order chi connectivity index (χ1) is 15.4. The number of amidine groups is 1. The predicted octanol–water partition coefficient (Wildman–Crippen LogP) is 3.77. The van der Waals surface area contributed by atoms with Crippen LogP contribution in [0.15, 0.2) is 59.6 Å². The molecule has 0 radical (unpaired) electrons. The first kappa shape index (κ1) is 22.9. The SMILES string of the molecule is CCN(CC)c1ccc(N2C(=NC(=O)CCc3ccccc3)S[C@H]3CS(=O)(=O)C[C@H]32)cc1. The van der Waals surface area contributed by atoms with Crippen molar-refractivity contribution in [1.82, 2.24) is 0 Å². The van der Waals surface area contributed by atoms with Crippen molar-refractivity contribution in [2.24, 2.45) is 4.99 Å². The molecule has 0 N–H and O–H groups in total. The average Bonchev–Trinajstić information content (AvgIpc) is 3.25. The molecule has 170 valence electrons. The molecular formula is C24H29N3O3S2. The van der Waals surface area contributed by atoms with Crippen LogP contribution in [-0.2, 0) is 21.1 Å². The normalized spacial score (nSPS) is 22.8. The minimum absolute atomic E-state index is 0.0943. The maximum Gasteiger partial charge on any atom is 0.248 e. The quantitative estimate of drug-likeness (QED) is 0.612. The Kier molecular flexibility index (Phi) is 6.90. The van der Waals surface area contributed by atoms with Gasteiger partial charge in [-0.25, -0.2) is 8.42 Å². The molecule has 6 nitrogen and oxygen atoms in total. The van der Waals surface area contributed by atoms with Gasteiger partial charge < -0.3 is 9.80 Å². The number of amides is 1. The van der Waals surface area contributed by atoms with Crippen molar-refractivity contribution in [1.29, 1.82) is 0 Å². The highest BCUT2D eigenvalue weighted by molar-refractivity contribution is 8.16. The number of sulfone groups is 1. The number of carbonyl (C=O) groups is 1. The van der Waals surface area contributed by atoms with Crippen molar-refractivity contribution in [2.75, 3.05) is 34.4 Å². The Morgan fingerprint density at radius 1 is 1.06 bits per heavy atom. The van der Waals surface area contributed by atoms with Crippen LogP contribution >= 0.6 is 11.8 Å². The number of thioether (sulfide) groups is 1. The lowest BCUT2D eigenvalue weighted by Crippen LogP contribution is -2.37. The summed E-state index contributed by atoms with van der Waals surface area (Å²) in [6, 6.07) is 17.8. The van der Waals surface area contributed by atoms with Gasteiger partial charge in [-0.2, -0.15) is 4.99 Å². The molecule has 32 heavy (non-hydrogen) atoms. The van der Waals surface area contributed by atoms with Gasteiger partial charge >= 0.3 is 0 Å². The minimum atomic E-state index is -3.08. The Morgan fingerprint density at radius 3 is 2.41 bits per heavy atom. The number of benzene rings is 2. The summed E-state index contributed by atoms with van der Waals surface area (Å²) in [5, 5.41) is 0.520. The van der Waals surface area contributed by atoms with Gasteiger partial charge in [0.2, 0.25) is 5.91 Å². The van der Waals surface area contributed by atoms with Crippen LogP contribution in [0.2, 0.25) is 0 Å². The number of hydrogen-bond acceptors (Lipinski definition) is 5. The lowest BCUT2D eigenvalue weighted by molar-refractivity contribution is -0.117. The molecule has 1 amide bonds. The van der Waals surface area contributed by atoms with Crippen molar-refractivity contribution in [3.8, 4) is 0 Å². The fourth-order valence-electron chi connectivity index (χ4n) is 4.34. The van der Waals surface area contributed by atoms with Crippen molar-refractivity contribution in [3.63, 3.8) is 0 Å². The molecule has 0 aromatic heterocycles.